The number of benzene rings is 2. The smallest absolute Gasteiger partial charge is 0.244 e. The fourth-order valence-corrected chi connectivity index (χ4v) is 2.77. The van der Waals surface area contributed by atoms with Gasteiger partial charge in [0.25, 0.3) is 0 Å². The molecule has 1 amide bonds. The van der Waals surface area contributed by atoms with Crippen molar-refractivity contribution in [2.24, 2.45) is 5.73 Å². The lowest BCUT2D eigenvalue weighted by atomic mass is 10.0. The highest BCUT2D eigenvalue weighted by molar-refractivity contribution is 5.86. The molecule has 1 heterocycles. The Morgan fingerprint density at radius 1 is 1.15 bits per heavy atom. The van der Waals surface area contributed by atoms with Gasteiger partial charge in [-0.05, 0) is 35.7 Å². The molecule has 2 N–H and O–H groups in total. The molecule has 1 aliphatic heterocycles. The number of primary amides is 1. The fraction of sp³-hybridized carbons (Fsp3) is 0.188. The van der Waals surface area contributed by atoms with Gasteiger partial charge in [0.05, 0.1) is 0 Å². The predicted octanol–water partition coefficient (Wildman–Crippen LogP) is 2.41. The van der Waals surface area contributed by atoms with E-state index in [0.29, 0.717) is 0 Å². The monoisotopic (exact) mass is 270 g/mol. The minimum Gasteiger partial charge on any atom is -0.368 e. The Hall–Kier alpha value is -2.36. The summed E-state index contributed by atoms with van der Waals surface area (Å²) in [4.78, 5) is 13.9. The van der Waals surface area contributed by atoms with E-state index >= 15 is 0 Å². The van der Waals surface area contributed by atoms with E-state index in [9.17, 15) is 9.18 Å². The van der Waals surface area contributed by atoms with E-state index < -0.39 is 11.9 Å². The van der Waals surface area contributed by atoms with Gasteiger partial charge in [-0.25, -0.2) is 4.39 Å². The first kappa shape index (κ1) is 12.7. The van der Waals surface area contributed by atoms with Crippen LogP contribution < -0.4 is 10.6 Å². The van der Waals surface area contributed by atoms with Crippen LogP contribution in [0.4, 0.5) is 10.1 Å². The standard InChI is InChI=1S/C16H15FN2O/c17-13-7-5-12(6-8-13)15(16(18)20)19-10-9-11-3-1-2-4-14(11)19/h1-8,15H,9-10H2,(H2,18,20)/t15-/m1/s1. The number of rotatable bonds is 3. The summed E-state index contributed by atoms with van der Waals surface area (Å²) in [6.07, 6.45) is 0.890. The van der Waals surface area contributed by atoms with Crippen molar-refractivity contribution in [3.05, 3.63) is 65.5 Å². The second kappa shape index (κ2) is 4.96. The number of halogens is 1. The quantitative estimate of drug-likeness (QED) is 0.931. The Morgan fingerprint density at radius 2 is 1.85 bits per heavy atom. The average molecular weight is 270 g/mol. The first-order chi connectivity index (χ1) is 9.66. The second-order valence-electron chi connectivity index (χ2n) is 4.93. The molecule has 0 unspecified atom stereocenters. The Labute approximate surface area is 116 Å². The topological polar surface area (TPSA) is 46.3 Å². The summed E-state index contributed by atoms with van der Waals surface area (Å²) >= 11 is 0. The second-order valence-corrected chi connectivity index (χ2v) is 4.93. The molecule has 0 bridgehead atoms. The molecule has 1 atom stereocenters. The van der Waals surface area contributed by atoms with Gasteiger partial charge in [-0.2, -0.15) is 0 Å². The third-order valence-corrected chi connectivity index (χ3v) is 3.69. The number of para-hydroxylation sites is 1. The first-order valence-electron chi connectivity index (χ1n) is 6.56. The van der Waals surface area contributed by atoms with Gasteiger partial charge in [0, 0.05) is 12.2 Å². The summed E-state index contributed by atoms with van der Waals surface area (Å²) < 4.78 is 13.0. The van der Waals surface area contributed by atoms with Crippen molar-refractivity contribution in [3.63, 3.8) is 0 Å². The van der Waals surface area contributed by atoms with Gasteiger partial charge in [0.2, 0.25) is 5.91 Å². The van der Waals surface area contributed by atoms with Crippen LogP contribution in [0.15, 0.2) is 48.5 Å². The molecule has 4 heteroatoms. The van der Waals surface area contributed by atoms with Crippen LogP contribution >= 0.6 is 0 Å². The average Bonchev–Trinajstić information content (AvgIpc) is 2.85. The minimum absolute atomic E-state index is 0.321. The normalized spacial score (nSPS) is 14.9. The highest BCUT2D eigenvalue weighted by Gasteiger charge is 2.30. The molecule has 2 aromatic rings. The third kappa shape index (κ3) is 2.13. The molecule has 3 nitrogen and oxygen atoms in total. The van der Waals surface area contributed by atoms with E-state index in [0.717, 1.165) is 24.2 Å². The number of fused-ring (bicyclic) bond motifs is 1. The molecule has 0 aliphatic carbocycles. The number of carbonyl (C=O) groups excluding carboxylic acids is 1. The van der Waals surface area contributed by atoms with Gasteiger partial charge in [0.15, 0.2) is 0 Å². The molecule has 20 heavy (non-hydrogen) atoms. The zero-order valence-electron chi connectivity index (χ0n) is 10.9. The maximum atomic E-state index is 13.0. The molecule has 1 aliphatic rings. The minimum atomic E-state index is -0.556. The molecule has 0 saturated heterocycles. The zero-order valence-corrected chi connectivity index (χ0v) is 10.9. The van der Waals surface area contributed by atoms with Gasteiger partial charge in [-0.3, -0.25) is 4.79 Å². The van der Waals surface area contributed by atoms with Gasteiger partial charge in [-0.15, -0.1) is 0 Å². The number of amides is 1. The van der Waals surface area contributed by atoms with Gasteiger partial charge >= 0.3 is 0 Å². The van der Waals surface area contributed by atoms with Crippen LogP contribution in [-0.2, 0) is 11.2 Å². The van der Waals surface area contributed by atoms with E-state index in [4.69, 9.17) is 5.73 Å². The maximum Gasteiger partial charge on any atom is 0.244 e. The summed E-state index contributed by atoms with van der Waals surface area (Å²) in [5, 5.41) is 0. The van der Waals surface area contributed by atoms with Crippen molar-refractivity contribution in [3.8, 4) is 0 Å². The number of hydrogen-bond acceptors (Lipinski definition) is 2. The van der Waals surface area contributed by atoms with Crippen molar-refractivity contribution in [2.45, 2.75) is 12.5 Å². The number of carbonyl (C=O) groups is 1. The summed E-state index contributed by atoms with van der Waals surface area (Å²) in [5.74, 6) is -0.743. The van der Waals surface area contributed by atoms with E-state index in [-0.39, 0.29) is 5.82 Å². The molecule has 2 aromatic carbocycles. The number of nitrogens with zero attached hydrogens (tertiary/aromatic N) is 1. The van der Waals surface area contributed by atoms with Crippen molar-refractivity contribution < 1.29 is 9.18 Å². The summed E-state index contributed by atoms with van der Waals surface area (Å²) in [6, 6.07) is 13.4. The summed E-state index contributed by atoms with van der Waals surface area (Å²) in [7, 11) is 0. The molecule has 0 aromatic heterocycles. The van der Waals surface area contributed by atoms with E-state index in [2.05, 4.69) is 6.07 Å². The SMILES string of the molecule is NC(=O)[C@@H](c1ccc(F)cc1)N1CCc2ccccc21. The van der Waals surface area contributed by atoms with Crippen molar-refractivity contribution >= 4 is 11.6 Å². The van der Waals surface area contributed by atoms with Crippen LogP contribution in [0.3, 0.4) is 0 Å². The largest absolute Gasteiger partial charge is 0.368 e. The van der Waals surface area contributed by atoms with E-state index in [1.165, 1.54) is 17.7 Å². The molecule has 3 rings (SSSR count). The van der Waals surface area contributed by atoms with Gasteiger partial charge in [-0.1, -0.05) is 30.3 Å². The molecule has 0 radical (unpaired) electrons. The predicted molar refractivity (Wildman–Crippen MR) is 75.8 cm³/mol. The lowest BCUT2D eigenvalue weighted by molar-refractivity contribution is -0.119. The summed E-state index contributed by atoms with van der Waals surface area (Å²) in [5.41, 5.74) is 8.53. The molecule has 0 spiro atoms. The van der Waals surface area contributed by atoms with Crippen molar-refractivity contribution in [1.29, 1.82) is 0 Å². The molecule has 102 valence electrons. The van der Waals surface area contributed by atoms with Crippen molar-refractivity contribution in [1.82, 2.24) is 0 Å². The lowest BCUT2D eigenvalue weighted by Crippen LogP contribution is -2.36. The number of nitrogens with two attached hydrogens (primary N) is 1. The molecule has 0 saturated carbocycles. The van der Waals surface area contributed by atoms with Crippen LogP contribution in [0.2, 0.25) is 0 Å². The number of hydrogen-bond donors (Lipinski definition) is 1. The molecule has 0 fully saturated rings. The van der Waals surface area contributed by atoms with Crippen LogP contribution in [0.5, 0.6) is 0 Å². The van der Waals surface area contributed by atoms with E-state index in [1.54, 1.807) is 12.1 Å². The third-order valence-electron chi connectivity index (χ3n) is 3.69. The van der Waals surface area contributed by atoms with Crippen LogP contribution in [-0.4, -0.2) is 12.5 Å². The highest BCUT2D eigenvalue weighted by Crippen LogP contribution is 2.34. The van der Waals surface area contributed by atoms with Gasteiger partial charge in [0.1, 0.15) is 11.9 Å². The lowest BCUT2D eigenvalue weighted by Gasteiger charge is -2.28. The van der Waals surface area contributed by atoms with Crippen LogP contribution in [0.25, 0.3) is 0 Å². The van der Waals surface area contributed by atoms with Crippen LogP contribution in [0.1, 0.15) is 17.2 Å². The fourth-order valence-electron chi connectivity index (χ4n) is 2.77. The Kier molecular flexibility index (Phi) is 3.14. The number of anilines is 1. The summed E-state index contributed by atoms with van der Waals surface area (Å²) in [6.45, 7) is 0.740. The Balaban J connectivity index is 2.01. The highest BCUT2D eigenvalue weighted by atomic mass is 19.1. The van der Waals surface area contributed by atoms with Crippen LogP contribution in [0, 0.1) is 5.82 Å². The van der Waals surface area contributed by atoms with Crippen molar-refractivity contribution in [2.75, 3.05) is 11.4 Å². The maximum absolute atomic E-state index is 13.0. The van der Waals surface area contributed by atoms with Gasteiger partial charge < -0.3 is 10.6 Å². The molecular weight excluding hydrogens is 255 g/mol. The zero-order chi connectivity index (χ0) is 14.1. The van der Waals surface area contributed by atoms with E-state index in [1.807, 2.05) is 23.1 Å². The first-order valence-corrected chi connectivity index (χ1v) is 6.56. The Morgan fingerprint density at radius 3 is 2.55 bits per heavy atom. The Bertz CT molecular complexity index is 639. The molecular formula is C16H15FN2O.